The molecule has 0 aromatic heterocycles. The molecule has 0 aromatic carbocycles. The molecule has 0 saturated carbocycles. The second-order valence-corrected chi connectivity index (χ2v) is 3.32. The van der Waals surface area contributed by atoms with Gasteiger partial charge in [-0.2, -0.15) is 0 Å². The van der Waals surface area contributed by atoms with E-state index in [1.54, 1.807) is 7.11 Å². The molecule has 0 amide bonds. The maximum atomic E-state index is 9.71. The Morgan fingerprint density at radius 2 is 2.23 bits per heavy atom. The molecule has 0 spiro atoms. The van der Waals surface area contributed by atoms with Crippen molar-refractivity contribution in [1.82, 2.24) is 0 Å². The summed E-state index contributed by atoms with van der Waals surface area (Å²) in [4.78, 5) is 0. The van der Waals surface area contributed by atoms with Gasteiger partial charge in [0.05, 0.1) is 12.1 Å². The number of aliphatic hydroxyl groups is 2. The van der Waals surface area contributed by atoms with Gasteiger partial charge in [-0.25, -0.2) is 0 Å². The Labute approximate surface area is 79.1 Å². The molecule has 1 rings (SSSR count). The first-order chi connectivity index (χ1) is 6.24. The standard InChI is InChI=1S/C8H17BO4/c1-9-8-6(11)7(12-2)5(13-8)3-4-10/h5-11H,3-4H2,1-2H3/t5-,6?,7+,8-/m1/s1. The summed E-state index contributed by atoms with van der Waals surface area (Å²) in [7, 11) is 2.32. The number of methoxy groups -OCH3 is 1. The van der Waals surface area contributed by atoms with Gasteiger partial charge in [0.1, 0.15) is 12.2 Å². The van der Waals surface area contributed by atoms with Gasteiger partial charge in [-0.1, -0.05) is 6.82 Å². The van der Waals surface area contributed by atoms with Crippen molar-refractivity contribution in [3.8, 4) is 0 Å². The second kappa shape index (κ2) is 4.95. The van der Waals surface area contributed by atoms with E-state index in [0.29, 0.717) is 6.42 Å². The predicted octanol–water partition coefficient (Wildman–Crippen LogP) is -1.05. The van der Waals surface area contributed by atoms with Crippen LogP contribution in [0.4, 0.5) is 0 Å². The topological polar surface area (TPSA) is 58.9 Å². The lowest BCUT2D eigenvalue weighted by Crippen LogP contribution is -2.36. The molecule has 1 unspecified atom stereocenters. The van der Waals surface area contributed by atoms with Crippen molar-refractivity contribution in [3.63, 3.8) is 0 Å². The van der Waals surface area contributed by atoms with Crippen LogP contribution in [-0.4, -0.2) is 55.5 Å². The third kappa shape index (κ3) is 2.23. The van der Waals surface area contributed by atoms with Crippen LogP contribution in [0.5, 0.6) is 0 Å². The van der Waals surface area contributed by atoms with Gasteiger partial charge in [0.15, 0.2) is 7.28 Å². The summed E-state index contributed by atoms with van der Waals surface area (Å²) < 4.78 is 10.7. The van der Waals surface area contributed by atoms with Crippen LogP contribution in [0.15, 0.2) is 0 Å². The molecule has 1 heterocycles. The largest absolute Gasteiger partial charge is 0.396 e. The van der Waals surface area contributed by atoms with Crippen molar-refractivity contribution < 1.29 is 19.7 Å². The molecule has 1 aliphatic heterocycles. The van der Waals surface area contributed by atoms with Crippen LogP contribution in [0.2, 0.25) is 6.82 Å². The quantitative estimate of drug-likeness (QED) is 0.553. The zero-order valence-electron chi connectivity index (χ0n) is 8.14. The zero-order chi connectivity index (χ0) is 9.84. The number of ether oxygens (including phenoxy) is 2. The highest BCUT2D eigenvalue weighted by Crippen LogP contribution is 2.24. The van der Waals surface area contributed by atoms with Crippen molar-refractivity contribution in [2.75, 3.05) is 13.7 Å². The third-order valence-electron chi connectivity index (χ3n) is 2.52. The lowest BCUT2D eigenvalue weighted by atomic mass is 9.72. The fraction of sp³-hybridized carbons (Fsp3) is 1.00. The van der Waals surface area contributed by atoms with E-state index in [1.165, 1.54) is 0 Å². The van der Waals surface area contributed by atoms with Gasteiger partial charge in [0.25, 0.3) is 0 Å². The number of hydrogen-bond donors (Lipinski definition) is 2. The van der Waals surface area contributed by atoms with Gasteiger partial charge in [0, 0.05) is 13.7 Å². The summed E-state index contributed by atoms with van der Waals surface area (Å²) >= 11 is 0. The molecule has 4 atom stereocenters. The molecule has 13 heavy (non-hydrogen) atoms. The van der Waals surface area contributed by atoms with Crippen molar-refractivity contribution in [2.45, 2.75) is 37.6 Å². The lowest BCUT2D eigenvalue weighted by molar-refractivity contribution is -0.0183. The minimum atomic E-state index is -0.563. The number of aliphatic hydroxyl groups excluding tert-OH is 2. The Morgan fingerprint density at radius 3 is 2.69 bits per heavy atom. The predicted molar refractivity (Wildman–Crippen MR) is 50.2 cm³/mol. The molecule has 2 N–H and O–H groups in total. The maximum absolute atomic E-state index is 9.71. The van der Waals surface area contributed by atoms with Crippen molar-refractivity contribution in [1.29, 1.82) is 0 Å². The number of rotatable bonds is 4. The minimum absolute atomic E-state index is 0.0632. The average molecular weight is 188 g/mol. The van der Waals surface area contributed by atoms with Crippen LogP contribution in [0.3, 0.4) is 0 Å². The SMILES string of the molecule is CB[C@@H]1O[C@H](CCO)[C@H](OC)C1O. The minimum Gasteiger partial charge on any atom is -0.396 e. The molecule has 76 valence electrons. The van der Waals surface area contributed by atoms with Crippen LogP contribution in [0.1, 0.15) is 6.42 Å². The molecule has 0 bridgehead atoms. The number of hydrogen-bond acceptors (Lipinski definition) is 4. The van der Waals surface area contributed by atoms with E-state index in [1.807, 2.05) is 6.82 Å². The lowest BCUT2D eigenvalue weighted by Gasteiger charge is -2.17. The van der Waals surface area contributed by atoms with Gasteiger partial charge < -0.3 is 19.7 Å². The van der Waals surface area contributed by atoms with E-state index in [2.05, 4.69) is 0 Å². The van der Waals surface area contributed by atoms with Crippen molar-refractivity contribution >= 4 is 7.28 Å². The highest BCUT2D eigenvalue weighted by Gasteiger charge is 2.42. The van der Waals surface area contributed by atoms with Crippen molar-refractivity contribution in [2.24, 2.45) is 0 Å². The molecule has 4 nitrogen and oxygen atoms in total. The van der Waals surface area contributed by atoms with E-state index in [4.69, 9.17) is 14.6 Å². The third-order valence-corrected chi connectivity index (χ3v) is 2.52. The smallest absolute Gasteiger partial charge is 0.158 e. The molecule has 1 aliphatic rings. The zero-order valence-corrected chi connectivity index (χ0v) is 8.14. The van der Waals surface area contributed by atoms with Crippen LogP contribution in [-0.2, 0) is 9.47 Å². The van der Waals surface area contributed by atoms with E-state index in [9.17, 15) is 5.11 Å². The summed E-state index contributed by atoms with van der Waals surface area (Å²) in [5, 5.41) is 18.5. The maximum Gasteiger partial charge on any atom is 0.158 e. The van der Waals surface area contributed by atoms with E-state index >= 15 is 0 Å². The summed E-state index contributed by atoms with van der Waals surface area (Å²) in [5.74, 6) is 0. The summed E-state index contributed by atoms with van der Waals surface area (Å²) in [6.07, 6.45) is -0.509. The van der Waals surface area contributed by atoms with Crippen LogP contribution < -0.4 is 0 Å². The van der Waals surface area contributed by atoms with Gasteiger partial charge in [-0.05, 0) is 6.42 Å². The molecule has 0 aromatic rings. The average Bonchev–Trinajstić information content (AvgIpc) is 2.43. The molecule has 5 heteroatoms. The molecular formula is C8H17BO4. The first-order valence-electron chi connectivity index (χ1n) is 4.71. The van der Waals surface area contributed by atoms with E-state index < -0.39 is 6.10 Å². The Hall–Kier alpha value is -0.0951. The fourth-order valence-electron chi connectivity index (χ4n) is 1.80. The molecular weight excluding hydrogens is 171 g/mol. The summed E-state index contributed by atoms with van der Waals surface area (Å²) in [6.45, 7) is 2.02. The fourth-order valence-corrected chi connectivity index (χ4v) is 1.80. The van der Waals surface area contributed by atoms with Crippen LogP contribution >= 0.6 is 0 Å². The van der Waals surface area contributed by atoms with Crippen LogP contribution in [0, 0.1) is 0 Å². The van der Waals surface area contributed by atoms with E-state index in [0.717, 1.165) is 7.28 Å². The monoisotopic (exact) mass is 188 g/mol. The Bertz CT molecular complexity index is 155. The first kappa shape index (κ1) is 11.0. The summed E-state index contributed by atoms with van der Waals surface area (Å²) in [5.41, 5.74) is 0. The molecule has 0 radical (unpaired) electrons. The van der Waals surface area contributed by atoms with Crippen LogP contribution in [0.25, 0.3) is 0 Å². The van der Waals surface area contributed by atoms with Gasteiger partial charge in [0.2, 0.25) is 0 Å². The second-order valence-electron chi connectivity index (χ2n) is 3.32. The van der Waals surface area contributed by atoms with Gasteiger partial charge in [-0.15, -0.1) is 0 Å². The van der Waals surface area contributed by atoms with E-state index in [-0.39, 0.29) is 24.8 Å². The Balaban J connectivity index is 2.55. The normalized spacial score (nSPS) is 39.4. The first-order valence-corrected chi connectivity index (χ1v) is 4.71. The summed E-state index contributed by atoms with van der Waals surface area (Å²) in [6, 6.07) is -0.151. The molecule has 1 fully saturated rings. The Kier molecular flexibility index (Phi) is 4.19. The highest BCUT2D eigenvalue weighted by atomic mass is 16.6. The Morgan fingerprint density at radius 1 is 1.54 bits per heavy atom. The van der Waals surface area contributed by atoms with Gasteiger partial charge in [-0.3, -0.25) is 0 Å². The highest BCUT2D eigenvalue weighted by molar-refractivity contribution is 6.35. The molecule has 1 saturated heterocycles. The van der Waals surface area contributed by atoms with Crippen molar-refractivity contribution in [3.05, 3.63) is 0 Å². The molecule has 0 aliphatic carbocycles. The van der Waals surface area contributed by atoms with Gasteiger partial charge >= 0.3 is 0 Å².